The van der Waals surface area contributed by atoms with Gasteiger partial charge in [-0.2, -0.15) is 5.10 Å². The first-order valence-corrected chi connectivity index (χ1v) is 6.20. The molecular weight excluding hydrogens is 315 g/mol. The van der Waals surface area contributed by atoms with E-state index in [0.717, 1.165) is 4.47 Å². The molecule has 0 unspecified atom stereocenters. The second kappa shape index (κ2) is 5.79. The van der Waals surface area contributed by atoms with Gasteiger partial charge in [0.05, 0.1) is 18.0 Å². The van der Waals surface area contributed by atoms with Gasteiger partial charge in [-0.1, -0.05) is 15.9 Å². The fourth-order valence-corrected chi connectivity index (χ4v) is 1.83. The molecule has 6 heteroatoms. The lowest BCUT2D eigenvalue weighted by Crippen LogP contribution is -2.17. The minimum atomic E-state index is -0.416. The Labute approximate surface area is 117 Å². The maximum absolute atomic E-state index is 13.4. The third-order valence-corrected chi connectivity index (χ3v) is 2.92. The average molecular weight is 325 g/mol. The number of furan rings is 1. The normalized spacial score (nSPS) is 10.9. The number of hydrazone groups is 1. The van der Waals surface area contributed by atoms with Crippen molar-refractivity contribution in [2.24, 2.45) is 5.10 Å². The van der Waals surface area contributed by atoms with Crippen molar-refractivity contribution in [1.29, 1.82) is 0 Å². The minimum Gasteiger partial charge on any atom is -0.469 e. The molecule has 1 N–H and O–H groups in total. The summed E-state index contributed by atoms with van der Waals surface area (Å²) in [5.41, 5.74) is 2.98. The van der Waals surface area contributed by atoms with Gasteiger partial charge in [-0.25, -0.2) is 9.82 Å². The average Bonchev–Trinajstić information content (AvgIpc) is 2.80. The Morgan fingerprint density at radius 2 is 2.26 bits per heavy atom. The fraction of sp³-hybridized carbons (Fsp3) is 0.0769. The first kappa shape index (κ1) is 13.5. The number of benzene rings is 1. The number of amides is 1. The first-order chi connectivity index (χ1) is 9.08. The lowest BCUT2D eigenvalue weighted by Gasteiger charge is -1.99. The smallest absolute Gasteiger partial charge is 0.274 e. The van der Waals surface area contributed by atoms with Crippen molar-refractivity contribution in [2.75, 3.05) is 0 Å². The van der Waals surface area contributed by atoms with Gasteiger partial charge < -0.3 is 4.42 Å². The topological polar surface area (TPSA) is 54.6 Å². The third-order valence-electron chi connectivity index (χ3n) is 2.43. The molecule has 19 heavy (non-hydrogen) atoms. The molecule has 2 aromatic rings. The Hall–Kier alpha value is -1.95. The van der Waals surface area contributed by atoms with Gasteiger partial charge in [-0.05, 0) is 31.2 Å². The number of hydrogen-bond acceptors (Lipinski definition) is 3. The number of carbonyl (C=O) groups is 1. The summed E-state index contributed by atoms with van der Waals surface area (Å²) in [7, 11) is 0. The maximum atomic E-state index is 13.4. The molecule has 0 aliphatic carbocycles. The van der Waals surface area contributed by atoms with E-state index in [1.807, 2.05) is 0 Å². The largest absolute Gasteiger partial charge is 0.469 e. The molecule has 0 bridgehead atoms. The van der Waals surface area contributed by atoms with E-state index in [1.165, 1.54) is 18.5 Å². The van der Waals surface area contributed by atoms with Crippen LogP contribution in [0.1, 0.15) is 21.7 Å². The Kier molecular flexibility index (Phi) is 4.11. The molecule has 0 aliphatic heterocycles. The van der Waals surface area contributed by atoms with Crippen LogP contribution in [0, 0.1) is 12.7 Å². The van der Waals surface area contributed by atoms with Crippen molar-refractivity contribution < 1.29 is 13.6 Å². The quantitative estimate of drug-likeness (QED) is 0.696. The van der Waals surface area contributed by atoms with Crippen molar-refractivity contribution in [3.8, 4) is 0 Å². The fourth-order valence-electron chi connectivity index (χ4n) is 1.45. The molecule has 0 fully saturated rings. The number of carbonyl (C=O) groups excluding carboxylic acids is 1. The molecular formula is C13H10BrFN2O2. The molecule has 2 rings (SSSR count). The molecule has 0 saturated heterocycles. The summed E-state index contributed by atoms with van der Waals surface area (Å²) < 4.78 is 19.1. The zero-order valence-electron chi connectivity index (χ0n) is 9.98. The van der Waals surface area contributed by atoms with Gasteiger partial charge in [-0.15, -0.1) is 0 Å². The summed E-state index contributed by atoms with van der Waals surface area (Å²) in [4.78, 5) is 11.7. The van der Waals surface area contributed by atoms with Crippen molar-refractivity contribution in [3.05, 3.63) is 57.7 Å². The predicted molar refractivity (Wildman–Crippen MR) is 72.6 cm³/mol. The summed E-state index contributed by atoms with van der Waals surface area (Å²) in [5.74, 6) is -0.320. The molecule has 0 saturated carbocycles. The summed E-state index contributed by atoms with van der Waals surface area (Å²) >= 11 is 3.23. The molecule has 0 atom stereocenters. The zero-order valence-corrected chi connectivity index (χ0v) is 11.6. The maximum Gasteiger partial charge on any atom is 0.274 e. The van der Waals surface area contributed by atoms with E-state index in [1.54, 1.807) is 25.1 Å². The Morgan fingerprint density at radius 3 is 2.95 bits per heavy atom. The lowest BCUT2D eigenvalue weighted by molar-refractivity contribution is 0.0953. The van der Waals surface area contributed by atoms with Crippen LogP contribution in [-0.2, 0) is 0 Å². The molecule has 1 heterocycles. The summed E-state index contributed by atoms with van der Waals surface area (Å²) in [6, 6.07) is 6.00. The van der Waals surface area contributed by atoms with Crippen LogP contribution < -0.4 is 5.43 Å². The number of aryl methyl sites for hydroxylation is 1. The molecule has 0 spiro atoms. The number of nitrogens with zero attached hydrogens (tertiary/aromatic N) is 1. The zero-order chi connectivity index (χ0) is 13.8. The second-order valence-corrected chi connectivity index (χ2v) is 4.67. The van der Waals surface area contributed by atoms with Crippen LogP contribution in [0.25, 0.3) is 0 Å². The highest BCUT2D eigenvalue weighted by Crippen LogP contribution is 2.14. The predicted octanol–water partition coefficient (Wildman–Crippen LogP) is 3.25. The number of rotatable bonds is 3. The SMILES string of the molecule is Cc1occc1C(=O)N/N=C\c1cc(Br)ccc1F. The molecule has 1 amide bonds. The monoisotopic (exact) mass is 324 g/mol. The van der Waals surface area contributed by atoms with E-state index < -0.39 is 11.7 Å². The molecule has 4 nitrogen and oxygen atoms in total. The van der Waals surface area contributed by atoms with Crippen LogP contribution in [0.4, 0.5) is 4.39 Å². The lowest BCUT2D eigenvalue weighted by atomic mass is 10.2. The van der Waals surface area contributed by atoms with Gasteiger partial charge in [-0.3, -0.25) is 4.79 Å². The van der Waals surface area contributed by atoms with Crippen LogP contribution in [-0.4, -0.2) is 12.1 Å². The van der Waals surface area contributed by atoms with Crippen LogP contribution in [0.3, 0.4) is 0 Å². The van der Waals surface area contributed by atoms with Crippen molar-refractivity contribution in [1.82, 2.24) is 5.43 Å². The van der Waals surface area contributed by atoms with Gasteiger partial charge in [0.25, 0.3) is 5.91 Å². The number of nitrogens with one attached hydrogen (secondary N) is 1. The van der Waals surface area contributed by atoms with E-state index in [9.17, 15) is 9.18 Å². The van der Waals surface area contributed by atoms with Crippen LogP contribution in [0.2, 0.25) is 0 Å². The first-order valence-electron chi connectivity index (χ1n) is 5.40. The summed E-state index contributed by atoms with van der Waals surface area (Å²) in [5, 5.41) is 3.71. The Morgan fingerprint density at radius 1 is 1.47 bits per heavy atom. The van der Waals surface area contributed by atoms with Crippen LogP contribution in [0.15, 0.2) is 44.5 Å². The highest BCUT2D eigenvalue weighted by molar-refractivity contribution is 9.10. The number of halogens is 2. The Bertz CT molecular complexity index is 637. The van der Waals surface area contributed by atoms with E-state index in [0.29, 0.717) is 11.3 Å². The standard InChI is InChI=1S/C13H10BrFN2O2/c1-8-11(4-5-19-8)13(18)17-16-7-9-6-10(14)2-3-12(9)15/h2-7H,1H3,(H,17,18)/b16-7-. The molecule has 1 aromatic carbocycles. The van der Waals surface area contributed by atoms with Gasteiger partial charge in [0, 0.05) is 10.0 Å². The minimum absolute atomic E-state index is 0.276. The Balaban J connectivity index is 2.06. The van der Waals surface area contributed by atoms with Gasteiger partial charge in [0.1, 0.15) is 11.6 Å². The third kappa shape index (κ3) is 3.29. The summed E-state index contributed by atoms with van der Waals surface area (Å²) in [6.07, 6.45) is 2.66. The van der Waals surface area contributed by atoms with E-state index in [4.69, 9.17) is 4.42 Å². The van der Waals surface area contributed by atoms with Crippen LogP contribution >= 0.6 is 15.9 Å². The van der Waals surface area contributed by atoms with Gasteiger partial charge >= 0.3 is 0 Å². The van der Waals surface area contributed by atoms with Crippen LogP contribution in [0.5, 0.6) is 0 Å². The van der Waals surface area contributed by atoms with Crippen molar-refractivity contribution in [3.63, 3.8) is 0 Å². The van der Waals surface area contributed by atoms with Gasteiger partial charge in [0.15, 0.2) is 0 Å². The van der Waals surface area contributed by atoms with E-state index >= 15 is 0 Å². The van der Waals surface area contributed by atoms with E-state index in [2.05, 4.69) is 26.5 Å². The highest BCUT2D eigenvalue weighted by Gasteiger charge is 2.09. The molecule has 1 aromatic heterocycles. The highest BCUT2D eigenvalue weighted by atomic mass is 79.9. The van der Waals surface area contributed by atoms with Crippen molar-refractivity contribution >= 4 is 28.1 Å². The molecule has 98 valence electrons. The molecule has 0 radical (unpaired) electrons. The summed E-state index contributed by atoms with van der Waals surface area (Å²) in [6.45, 7) is 1.67. The molecule has 0 aliphatic rings. The van der Waals surface area contributed by atoms with Gasteiger partial charge in [0.2, 0.25) is 0 Å². The van der Waals surface area contributed by atoms with E-state index in [-0.39, 0.29) is 5.56 Å². The van der Waals surface area contributed by atoms with Crippen molar-refractivity contribution in [2.45, 2.75) is 6.92 Å². The second-order valence-electron chi connectivity index (χ2n) is 3.76. The number of hydrogen-bond donors (Lipinski definition) is 1.